The molecule has 3 aliphatic carbocycles. The number of nitrogens with zero attached hydrogens (tertiary/aromatic N) is 1. The number of fused-ring (bicyclic) bond motifs is 3. The second-order valence-electron chi connectivity index (χ2n) is 13.2. The summed E-state index contributed by atoms with van der Waals surface area (Å²) in [4.78, 5) is 41.1. The van der Waals surface area contributed by atoms with Crippen LogP contribution in [0.15, 0.2) is 46.0 Å². The first-order chi connectivity index (χ1) is 19.6. The summed E-state index contributed by atoms with van der Waals surface area (Å²) < 4.78 is 5.35. The van der Waals surface area contributed by atoms with Crippen molar-refractivity contribution in [3.8, 4) is 16.9 Å². The lowest BCUT2D eigenvalue weighted by molar-refractivity contribution is -0.153. The standard InChI is InChI=1S/C32H38N2O8/c1-31(2,3)9-6-7-15-11-18(16-8-10-42-14-16)19-12-17-13-20-24(34(4)5)27(37)23(30(33)40)29(39)32(20,41)28(38)21(17)26(36)22(19)25(15)35/h8,10-11,14,17,20,24,35-36,39,41H,6-7,9,12-13H2,1-5H3,(H2,33,40)/t17-,20-,24?,32-/m0/s1. The van der Waals surface area contributed by atoms with Crippen LogP contribution in [0.4, 0.5) is 0 Å². The summed E-state index contributed by atoms with van der Waals surface area (Å²) in [5.74, 6) is -6.59. The third kappa shape index (κ3) is 4.44. The lowest BCUT2D eigenvalue weighted by Gasteiger charge is -2.50. The molecular formula is C32H38N2O8. The fourth-order valence-corrected chi connectivity index (χ4v) is 7.04. The number of carbonyl (C=O) groups is 3. The number of carbonyl (C=O) groups excluding carboxylic acids is 3. The number of aromatic hydroxyl groups is 1. The lowest BCUT2D eigenvalue weighted by Crippen LogP contribution is -2.65. The van der Waals surface area contributed by atoms with E-state index >= 15 is 0 Å². The zero-order valence-electron chi connectivity index (χ0n) is 24.5. The van der Waals surface area contributed by atoms with E-state index in [9.17, 15) is 34.8 Å². The zero-order valence-corrected chi connectivity index (χ0v) is 24.5. The predicted molar refractivity (Wildman–Crippen MR) is 154 cm³/mol. The van der Waals surface area contributed by atoms with Gasteiger partial charge in [-0.15, -0.1) is 0 Å². The van der Waals surface area contributed by atoms with Crippen molar-refractivity contribution in [3.05, 3.63) is 58.3 Å². The number of ketones is 2. The van der Waals surface area contributed by atoms with E-state index in [2.05, 4.69) is 20.8 Å². The minimum atomic E-state index is -2.67. The highest BCUT2D eigenvalue weighted by Gasteiger charge is 2.64. The molecule has 1 unspecified atom stereocenters. The Kier molecular flexibility index (Phi) is 7.14. The molecule has 2 aromatic rings. The molecule has 4 atom stereocenters. The fraction of sp³-hybridized carbons (Fsp3) is 0.469. The summed E-state index contributed by atoms with van der Waals surface area (Å²) in [5, 5.41) is 46.1. The number of aliphatic hydroxyl groups excluding tert-OH is 2. The molecule has 1 aromatic carbocycles. The molecular weight excluding hydrogens is 540 g/mol. The van der Waals surface area contributed by atoms with Crippen molar-refractivity contribution in [3.63, 3.8) is 0 Å². The van der Waals surface area contributed by atoms with Crippen LogP contribution in [0.5, 0.6) is 5.75 Å². The molecule has 1 saturated carbocycles. The highest BCUT2D eigenvalue weighted by Crippen LogP contribution is 2.54. The van der Waals surface area contributed by atoms with E-state index in [-0.39, 0.29) is 35.1 Å². The number of aliphatic hydroxyl groups is 3. The van der Waals surface area contributed by atoms with Crippen molar-refractivity contribution in [2.75, 3.05) is 14.1 Å². The molecule has 6 N–H and O–H groups in total. The molecule has 0 saturated heterocycles. The second kappa shape index (κ2) is 10.1. The van der Waals surface area contributed by atoms with Gasteiger partial charge in [-0.3, -0.25) is 19.3 Å². The number of benzene rings is 1. The molecule has 3 aliphatic rings. The first-order valence-electron chi connectivity index (χ1n) is 14.1. The average molecular weight is 579 g/mol. The summed E-state index contributed by atoms with van der Waals surface area (Å²) in [6.45, 7) is 6.40. The van der Waals surface area contributed by atoms with Crippen LogP contribution in [0.25, 0.3) is 16.9 Å². The summed E-state index contributed by atoms with van der Waals surface area (Å²) in [7, 11) is 3.15. The van der Waals surface area contributed by atoms with E-state index < -0.39 is 58.0 Å². The number of rotatable bonds is 6. The Morgan fingerprint density at radius 1 is 1.19 bits per heavy atom. The highest BCUT2D eigenvalue weighted by atomic mass is 16.3. The van der Waals surface area contributed by atoms with Gasteiger partial charge in [-0.2, -0.15) is 0 Å². The normalized spacial score (nSPS) is 25.9. The Hall–Kier alpha value is -3.89. The molecule has 0 bridgehead atoms. The number of likely N-dealkylation sites (N-methyl/N-ethyl adjacent to an activating group) is 1. The first-order valence-corrected chi connectivity index (χ1v) is 14.1. The van der Waals surface area contributed by atoms with Gasteiger partial charge in [0.2, 0.25) is 5.78 Å². The number of primary amides is 1. The van der Waals surface area contributed by atoms with Crippen LogP contribution in [-0.4, -0.2) is 68.5 Å². The average Bonchev–Trinajstić information content (AvgIpc) is 3.41. The highest BCUT2D eigenvalue weighted by molar-refractivity contribution is 6.24. The monoisotopic (exact) mass is 578 g/mol. The first kappa shape index (κ1) is 29.6. The largest absolute Gasteiger partial charge is 0.508 e. The molecule has 10 nitrogen and oxygen atoms in total. The molecule has 0 aliphatic heterocycles. The molecule has 5 rings (SSSR count). The molecule has 0 radical (unpaired) electrons. The summed E-state index contributed by atoms with van der Waals surface area (Å²) in [6.07, 6.45) is 5.54. The van der Waals surface area contributed by atoms with Gasteiger partial charge in [0.05, 0.1) is 24.1 Å². The van der Waals surface area contributed by atoms with Crippen LogP contribution in [-0.2, 0) is 27.2 Å². The number of phenolic OH excluding ortho intramolecular Hbond substituents is 1. The van der Waals surface area contributed by atoms with Crippen LogP contribution < -0.4 is 5.73 Å². The minimum absolute atomic E-state index is 0.0324. The SMILES string of the molecule is CN(C)C1C(=O)C(C(N)=O)=C(O)[C@@]2(O)C(=O)C3=C(O)c4c(O)c(CCCC(C)(C)C)cc(-c5ccoc5)c4C[C@H]3C[C@@H]12. The Balaban J connectivity index is 1.71. The van der Waals surface area contributed by atoms with Crippen LogP contribution in [0, 0.1) is 17.3 Å². The van der Waals surface area contributed by atoms with E-state index in [0.29, 0.717) is 17.5 Å². The zero-order chi connectivity index (χ0) is 30.9. The van der Waals surface area contributed by atoms with Crippen molar-refractivity contribution >= 4 is 23.2 Å². The molecule has 42 heavy (non-hydrogen) atoms. The van der Waals surface area contributed by atoms with Gasteiger partial charge in [-0.05, 0) is 86.4 Å². The number of nitrogens with two attached hydrogens (primary N) is 1. The van der Waals surface area contributed by atoms with Crippen LogP contribution in [0.3, 0.4) is 0 Å². The van der Waals surface area contributed by atoms with Crippen LogP contribution >= 0.6 is 0 Å². The fourth-order valence-electron chi connectivity index (χ4n) is 7.04. The van der Waals surface area contributed by atoms with E-state index in [4.69, 9.17) is 10.2 Å². The number of hydrogen-bond donors (Lipinski definition) is 5. The molecule has 1 amide bonds. The molecule has 10 heteroatoms. The summed E-state index contributed by atoms with van der Waals surface area (Å²) in [6, 6.07) is 2.54. The Labute approximate surface area is 244 Å². The van der Waals surface area contributed by atoms with Crippen molar-refractivity contribution in [1.82, 2.24) is 4.90 Å². The number of furan rings is 1. The van der Waals surface area contributed by atoms with Crippen molar-refractivity contribution in [1.29, 1.82) is 0 Å². The quantitative estimate of drug-likeness (QED) is 0.321. The van der Waals surface area contributed by atoms with Crippen LogP contribution in [0.2, 0.25) is 0 Å². The van der Waals surface area contributed by atoms with E-state index in [1.807, 2.05) is 6.07 Å². The number of hydrogen-bond acceptors (Lipinski definition) is 9. The Morgan fingerprint density at radius 2 is 1.88 bits per heavy atom. The van der Waals surface area contributed by atoms with Crippen LogP contribution in [0.1, 0.15) is 56.7 Å². The number of Topliss-reactive ketones (excluding diaryl/α,β-unsaturated/α-hetero) is 2. The maximum absolute atomic E-state index is 14.1. The maximum Gasteiger partial charge on any atom is 0.255 e. The lowest BCUT2D eigenvalue weighted by atomic mass is 9.57. The van der Waals surface area contributed by atoms with Gasteiger partial charge < -0.3 is 30.6 Å². The summed E-state index contributed by atoms with van der Waals surface area (Å²) in [5.41, 5.74) is 4.60. The minimum Gasteiger partial charge on any atom is -0.508 e. The van der Waals surface area contributed by atoms with Gasteiger partial charge in [0, 0.05) is 17.1 Å². The molecule has 1 heterocycles. The van der Waals surface area contributed by atoms with E-state index in [1.54, 1.807) is 26.4 Å². The number of aryl methyl sites for hydroxylation is 1. The van der Waals surface area contributed by atoms with Crippen molar-refractivity contribution in [2.45, 2.75) is 64.5 Å². The Morgan fingerprint density at radius 3 is 2.45 bits per heavy atom. The van der Waals surface area contributed by atoms with E-state index in [1.165, 1.54) is 11.2 Å². The van der Waals surface area contributed by atoms with Gasteiger partial charge in [0.25, 0.3) is 5.91 Å². The van der Waals surface area contributed by atoms with Gasteiger partial charge in [0.15, 0.2) is 11.4 Å². The molecule has 1 fully saturated rings. The third-order valence-corrected chi connectivity index (χ3v) is 9.00. The third-order valence-electron chi connectivity index (χ3n) is 9.00. The predicted octanol–water partition coefficient (Wildman–Crippen LogP) is 3.59. The van der Waals surface area contributed by atoms with Crippen molar-refractivity contribution in [2.24, 2.45) is 23.0 Å². The smallest absolute Gasteiger partial charge is 0.255 e. The number of phenols is 1. The van der Waals surface area contributed by atoms with E-state index in [0.717, 1.165) is 24.0 Å². The van der Waals surface area contributed by atoms with Gasteiger partial charge >= 0.3 is 0 Å². The summed E-state index contributed by atoms with van der Waals surface area (Å²) >= 11 is 0. The number of amides is 1. The Bertz CT molecular complexity index is 1540. The molecule has 224 valence electrons. The molecule has 1 aromatic heterocycles. The van der Waals surface area contributed by atoms with Crippen molar-refractivity contribution < 1.29 is 39.2 Å². The maximum atomic E-state index is 14.1. The second-order valence-corrected chi connectivity index (χ2v) is 13.2. The van der Waals surface area contributed by atoms with Gasteiger partial charge in [-0.25, -0.2) is 0 Å². The van der Waals surface area contributed by atoms with Gasteiger partial charge in [0.1, 0.15) is 22.8 Å². The molecule has 0 spiro atoms. The van der Waals surface area contributed by atoms with Gasteiger partial charge in [-0.1, -0.05) is 20.8 Å². The topological polar surface area (TPSA) is 175 Å².